The highest BCUT2D eigenvalue weighted by Crippen LogP contribution is 2.04. The molecule has 94 valence electrons. The lowest BCUT2D eigenvalue weighted by Gasteiger charge is -2.21. The molecule has 6 heteroatoms. The molecule has 1 aromatic rings. The Bertz CT molecular complexity index is 382. The van der Waals surface area contributed by atoms with Gasteiger partial charge in [-0.25, -0.2) is 4.31 Å². The van der Waals surface area contributed by atoms with E-state index in [1.165, 1.54) is 0 Å². The van der Waals surface area contributed by atoms with Crippen molar-refractivity contribution in [3.8, 4) is 0 Å². The molecule has 0 fully saturated rings. The topological polar surface area (TPSA) is 80.7 Å². The molecule has 0 bridgehead atoms. The summed E-state index contributed by atoms with van der Waals surface area (Å²) in [5.41, 5.74) is 1.11. The summed E-state index contributed by atoms with van der Waals surface area (Å²) in [5, 5.41) is 8.53. The van der Waals surface area contributed by atoms with Gasteiger partial charge in [0.2, 0.25) is 0 Å². The zero-order valence-electron chi connectivity index (χ0n) is 9.24. The van der Waals surface area contributed by atoms with Crippen LogP contribution in [0.4, 0.5) is 0 Å². The first kappa shape index (κ1) is 13.8. The molecule has 0 radical (unpaired) electrons. The molecular formula is C11H14NO4S-. The van der Waals surface area contributed by atoms with Gasteiger partial charge in [-0.2, -0.15) is 0 Å². The Hall–Kier alpha value is -1.24. The van der Waals surface area contributed by atoms with Crippen molar-refractivity contribution in [2.75, 3.05) is 13.1 Å². The molecule has 17 heavy (non-hydrogen) atoms. The van der Waals surface area contributed by atoms with Crippen molar-refractivity contribution in [3.63, 3.8) is 0 Å². The molecule has 1 unspecified atom stereocenters. The summed E-state index contributed by atoms with van der Waals surface area (Å²) >= 11 is -2.48. The first-order valence-electron chi connectivity index (χ1n) is 5.19. The SMILES string of the molecule is O=C(O)CN(CCCc1ccccc1)S(=O)[O-]. The van der Waals surface area contributed by atoms with Gasteiger partial charge in [-0.3, -0.25) is 9.00 Å². The third-order valence-electron chi connectivity index (χ3n) is 2.24. The van der Waals surface area contributed by atoms with Crippen LogP contribution in [-0.2, 0) is 22.5 Å². The molecule has 1 N–H and O–H groups in total. The van der Waals surface area contributed by atoms with E-state index in [0.29, 0.717) is 6.42 Å². The van der Waals surface area contributed by atoms with E-state index in [4.69, 9.17) is 5.11 Å². The third kappa shape index (κ3) is 5.58. The molecule has 1 aromatic carbocycles. The number of carboxylic acid groups (broad SMARTS) is 1. The first-order chi connectivity index (χ1) is 8.09. The van der Waals surface area contributed by atoms with E-state index in [1.54, 1.807) is 0 Å². The number of hydrogen-bond acceptors (Lipinski definition) is 3. The van der Waals surface area contributed by atoms with E-state index in [1.807, 2.05) is 30.3 Å². The van der Waals surface area contributed by atoms with Crippen molar-refractivity contribution in [2.45, 2.75) is 12.8 Å². The molecule has 0 aliphatic rings. The van der Waals surface area contributed by atoms with Crippen molar-refractivity contribution < 1.29 is 18.7 Å². The van der Waals surface area contributed by atoms with Gasteiger partial charge in [-0.05, 0) is 18.4 Å². The van der Waals surface area contributed by atoms with E-state index in [-0.39, 0.29) is 6.54 Å². The molecule has 0 heterocycles. The van der Waals surface area contributed by atoms with Crippen LogP contribution in [0.3, 0.4) is 0 Å². The zero-order chi connectivity index (χ0) is 12.7. The second-order valence-corrected chi connectivity index (χ2v) is 4.51. The highest BCUT2D eigenvalue weighted by molar-refractivity contribution is 7.76. The Morgan fingerprint density at radius 1 is 1.35 bits per heavy atom. The van der Waals surface area contributed by atoms with Crippen molar-refractivity contribution in [3.05, 3.63) is 35.9 Å². The number of hydrogen-bond donors (Lipinski definition) is 1. The number of rotatable bonds is 7. The molecule has 1 rings (SSSR count). The molecule has 5 nitrogen and oxygen atoms in total. The monoisotopic (exact) mass is 256 g/mol. The van der Waals surface area contributed by atoms with Crippen LogP contribution < -0.4 is 0 Å². The molecule has 0 spiro atoms. The van der Waals surface area contributed by atoms with Crippen molar-refractivity contribution in [2.24, 2.45) is 0 Å². The number of benzene rings is 1. The van der Waals surface area contributed by atoms with Gasteiger partial charge in [0.1, 0.15) is 6.54 Å². The normalized spacial score (nSPS) is 12.6. The van der Waals surface area contributed by atoms with Crippen molar-refractivity contribution in [1.29, 1.82) is 0 Å². The lowest BCUT2D eigenvalue weighted by atomic mass is 10.1. The number of aliphatic carboxylic acids is 1. The minimum atomic E-state index is -2.48. The van der Waals surface area contributed by atoms with Gasteiger partial charge in [0.25, 0.3) is 0 Å². The second-order valence-electron chi connectivity index (χ2n) is 3.56. The van der Waals surface area contributed by atoms with Gasteiger partial charge in [-0.1, -0.05) is 30.3 Å². The molecule has 0 amide bonds. The minimum Gasteiger partial charge on any atom is -0.760 e. The molecule has 1 atom stereocenters. The number of carboxylic acids is 1. The van der Waals surface area contributed by atoms with Crippen LogP contribution >= 0.6 is 0 Å². The Morgan fingerprint density at radius 2 is 2.00 bits per heavy atom. The lowest BCUT2D eigenvalue weighted by molar-refractivity contribution is -0.137. The zero-order valence-corrected chi connectivity index (χ0v) is 10.1. The van der Waals surface area contributed by atoms with Gasteiger partial charge in [0, 0.05) is 17.8 Å². The molecule has 0 aliphatic heterocycles. The lowest BCUT2D eigenvalue weighted by Crippen LogP contribution is -2.32. The fourth-order valence-corrected chi connectivity index (χ4v) is 1.96. The van der Waals surface area contributed by atoms with Gasteiger partial charge in [0.15, 0.2) is 0 Å². The minimum absolute atomic E-state index is 0.220. The van der Waals surface area contributed by atoms with Crippen LogP contribution in [0.5, 0.6) is 0 Å². The molecule has 0 aromatic heterocycles. The van der Waals surface area contributed by atoms with Gasteiger partial charge in [0.05, 0.1) is 0 Å². The maximum atomic E-state index is 10.7. The number of aryl methyl sites for hydroxylation is 1. The first-order valence-corrected chi connectivity index (χ1v) is 6.23. The largest absolute Gasteiger partial charge is 0.760 e. The maximum Gasteiger partial charge on any atom is 0.318 e. The van der Waals surface area contributed by atoms with E-state index >= 15 is 0 Å². The second kappa shape index (κ2) is 7.16. The van der Waals surface area contributed by atoms with Crippen LogP contribution in [0.15, 0.2) is 30.3 Å². The summed E-state index contributed by atoms with van der Waals surface area (Å²) in [5.74, 6) is -1.14. The van der Waals surface area contributed by atoms with E-state index in [2.05, 4.69) is 0 Å². The summed E-state index contributed by atoms with van der Waals surface area (Å²) in [6.45, 7) is -0.262. The highest BCUT2D eigenvalue weighted by Gasteiger charge is 2.09. The van der Waals surface area contributed by atoms with Crippen LogP contribution in [0.1, 0.15) is 12.0 Å². The summed E-state index contributed by atoms with van der Waals surface area (Å²) < 4.78 is 22.4. The number of nitrogens with zero attached hydrogens (tertiary/aromatic N) is 1. The summed E-state index contributed by atoms with van der Waals surface area (Å²) in [6, 6.07) is 9.64. The Morgan fingerprint density at radius 3 is 2.53 bits per heavy atom. The predicted octanol–water partition coefficient (Wildman–Crippen LogP) is 0.800. The van der Waals surface area contributed by atoms with E-state index in [9.17, 15) is 13.6 Å². The van der Waals surface area contributed by atoms with Gasteiger partial charge < -0.3 is 9.66 Å². The summed E-state index contributed by atoms with van der Waals surface area (Å²) in [4.78, 5) is 10.4. The average Bonchev–Trinajstić information content (AvgIpc) is 2.28. The van der Waals surface area contributed by atoms with Crippen LogP contribution in [-0.4, -0.2) is 37.2 Å². The van der Waals surface area contributed by atoms with Crippen LogP contribution in [0.2, 0.25) is 0 Å². The van der Waals surface area contributed by atoms with Gasteiger partial charge >= 0.3 is 5.97 Å². The highest BCUT2D eigenvalue weighted by atomic mass is 32.2. The van der Waals surface area contributed by atoms with Crippen molar-refractivity contribution in [1.82, 2.24) is 4.31 Å². The summed E-state index contributed by atoms with van der Waals surface area (Å²) in [7, 11) is 0. The maximum absolute atomic E-state index is 10.7. The molecule has 0 saturated heterocycles. The molecular weight excluding hydrogens is 242 g/mol. The smallest absolute Gasteiger partial charge is 0.318 e. The Balaban J connectivity index is 2.37. The van der Waals surface area contributed by atoms with Crippen LogP contribution in [0, 0.1) is 0 Å². The van der Waals surface area contributed by atoms with E-state index < -0.39 is 23.8 Å². The Labute approximate surface area is 102 Å². The third-order valence-corrected chi connectivity index (χ3v) is 2.97. The van der Waals surface area contributed by atoms with Crippen molar-refractivity contribution >= 4 is 17.2 Å². The summed E-state index contributed by atoms with van der Waals surface area (Å²) in [6.07, 6.45) is 1.33. The quantitative estimate of drug-likeness (QED) is 0.732. The van der Waals surface area contributed by atoms with Crippen LogP contribution in [0.25, 0.3) is 0 Å². The molecule has 0 saturated carbocycles. The standard InChI is InChI=1S/C11H15NO4S/c13-11(14)9-12(17(15)16)8-4-7-10-5-2-1-3-6-10/h1-3,5-6H,4,7-9H2,(H,13,14)(H,15,16)/p-1. The fraction of sp³-hybridized carbons (Fsp3) is 0.364. The fourth-order valence-electron chi connectivity index (χ4n) is 1.46. The number of carbonyl (C=O) groups is 1. The predicted molar refractivity (Wildman–Crippen MR) is 62.9 cm³/mol. The Kier molecular flexibility index (Phi) is 5.82. The molecule has 0 aliphatic carbocycles. The average molecular weight is 256 g/mol. The van der Waals surface area contributed by atoms with E-state index in [0.717, 1.165) is 16.3 Å². The van der Waals surface area contributed by atoms with Gasteiger partial charge in [-0.15, -0.1) is 0 Å².